The Morgan fingerprint density at radius 2 is 2.12 bits per heavy atom. The number of tetrazole rings is 1. The Kier molecular flexibility index (Phi) is 4.65. The van der Waals surface area contributed by atoms with Crippen molar-refractivity contribution >= 4 is 28.5 Å². The van der Waals surface area contributed by atoms with Crippen molar-refractivity contribution in [2.45, 2.75) is 12.8 Å². The van der Waals surface area contributed by atoms with Gasteiger partial charge in [0.1, 0.15) is 12.3 Å². The molecule has 32 heavy (non-hydrogen) atoms. The van der Waals surface area contributed by atoms with Crippen LogP contribution in [0.3, 0.4) is 0 Å². The monoisotopic (exact) mass is 435 g/mol. The molecule has 1 fully saturated rings. The normalized spacial score (nSPS) is 13.3. The zero-order valence-electron chi connectivity index (χ0n) is 17.4. The van der Waals surface area contributed by atoms with Crippen molar-refractivity contribution in [3.63, 3.8) is 0 Å². The molecule has 1 aromatic carbocycles. The number of rotatable bonds is 5. The summed E-state index contributed by atoms with van der Waals surface area (Å²) in [5, 5.41) is 14.0. The van der Waals surface area contributed by atoms with Crippen LogP contribution in [0.4, 0.5) is 10.2 Å². The molecule has 4 aromatic rings. The van der Waals surface area contributed by atoms with Gasteiger partial charge in [0, 0.05) is 35.8 Å². The molecule has 0 spiro atoms. The van der Waals surface area contributed by atoms with Crippen molar-refractivity contribution in [3.05, 3.63) is 48.2 Å². The van der Waals surface area contributed by atoms with Crippen LogP contribution in [0.15, 0.2) is 36.8 Å². The SMILES string of the molecule is CNC(=O)c1cnc(NC(=O)C2CC2)c2[nH]c(-c3cccc(-n4cn[n+](C)n4)c3F)cc12. The minimum atomic E-state index is -0.512. The first kappa shape index (κ1) is 19.8. The number of nitrogens with zero attached hydrogens (tertiary/aromatic N) is 5. The predicted molar refractivity (Wildman–Crippen MR) is 112 cm³/mol. The number of halogens is 1. The summed E-state index contributed by atoms with van der Waals surface area (Å²) < 4.78 is 16.8. The molecule has 3 heterocycles. The number of benzene rings is 1. The Bertz CT molecular complexity index is 1370. The second-order valence-corrected chi connectivity index (χ2v) is 7.63. The maximum absolute atomic E-state index is 15.4. The summed E-state index contributed by atoms with van der Waals surface area (Å²) in [6.07, 6.45) is 4.51. The average molecular weight is 435 g/mol. The van der Waals surface area contributed by atoms with E-state index < -0.39 is 5.82 Å². The van der Waals surface area contributed by atoms with E-state index in [0.717, 1.165) is 12.8 Å². The fourth-order valence-corrected chi connectivity index (χ4v) is 3.56. The van der Waals surface area contributed by atoms with Crippen molar-refractivity contribution in [2.75, 3.05) is 12.4 Å². The number of nitrogens with one attached hydrogen (secondary N) is 3. The molecule has 2 amide bonds. The lowest BCUT2D eigenvalue weighted by Gasteiger charge is -2.07. The minimum Gasteiger partial charge on any atom is -0.355 e. The van der Waals surface area contributed by atoms with Crippen molar-refractivity contribution in [3.8, 4) is 16.9 Å². The van der Waals surface area contributed by atoms with Crippen LogP contribution in [0.5, 0.6) is 0 Å². The number of H-pyrrole nitrogens is 1. The van der Waals surface area contributed by atoms with E-state index >= 15 is 4.39 Å². The third-order valence-corrected chi connectivity index (χ3v) is 5.40. The standard InChI is InChI=1S/C21H19FN8O2/c1-23-21(32)14-9-24-19(27-20(31)11-6-7-11)18-13(14)8-15(26-18)12-4-3-5-16(17(12)22)30-10-25-29(2)28-30/h3-5,8-11,28H,6-7H2,1-2H3,(H,23,32)/p+1. The number of aromatic amines is 1. The van der Waals surface area contributed by atoms with Crippen LogP contribution in [0, 0.1) is 11.7 Å². The zero-order valence-corrected chi connectivity index (χ0v) is 17.4. The molecule has 3 N–H and O–H groups in total. The van der Waals surface area contributed by atoms with E-state index in [0.29, 0.717) is 28.0 Å². The number of amides is 2. The number of hydrogen-bond donors (Lipinski definition) is 3. The van der Waals surface area contributed by atoms with Crippen LogP contribution in [0.25, 0.3) is 27.8 Å². The van der Waals surface area contributed by atoms with Gasteiger partial charge < -0.3 is 15.6 Å². The summed E-state index contributed by atoms with van der Waals surface area (Å²) in [5.41, 5.74) is 1.70. The Morgan fingerprint density at radius 3 is 2.81 bits per heavy atom. The summed E-state index contributed by atoms with van der Waals surface area (Å²) in [5.74, 6) is -0.677. The Hall–Kier alpha value is -4.15. The van der Waals surface area contributed by atoms with Crippen LogP contribution < -0.4 is 15.4 Å². The Morgan fingerprint density at radius 1 is 1.31 bits per heavy atom. The van der Waals surface area contributed by atoms with Gasteiger partial charge in [0.25, 0.3) is 12.2 Å². The number of carbonyl (C=O) groups is 2. The highest BCUT2D eigenvalue weighted by Gasteiger charge is 2.30. The van der Waals surface area contributed by atoms with Gasteiger partial charge in [-0.2, -0.15) is 0 Å². The predicted octanol–water partition coefficient (Wildman–Crippen LogP) is 1.48. The van der Waals surface area contributed by atoms with Crippen molar-refractivity contribution in [1.82, 2.24) is 30.3 Å². The molecule has 3 aromatic heterocycles. The third kappa shape index (κ3) is 3.37. The average Bonchev–Trinajstić information content (AvgIpc) is 3.41. The van der Waals surface area contributed by atoms with Gasteiger partial charge in [-0.05, 0) is 40.9 Å². The number of fused-ring (bicyclic) bond motifs is 1. The van der Waals surface area contributed by atoms with Gasteiger partial charge >= 0.3 is 0 Å². The minimum absolute atomic E-state index is 0.0157. The zero-order chi connectivity index (χ0) is 22.4. The number of pyridine rings is 1. The number of hydrogen-bond acceptors (Lipinski definition) is 5. The topological polar surface area (TPSA) is 121 Å². The van der Waals surface area contributed by atoms with Gasteiger partial charge in [0.15, 0.2) is 17.3 Å². The molecule has 0 bridgehead atoms. The van der Waals surface area contributed by atoms with Gasteiger partial charge in [-0.15, -0.1) is 0 Å². The van der Waals surface area contributed by atoms with E-state index in [1.165, 1.54) is 29.1 Å². The van der Waals surface area contributed by atoms with E-state index in [1.54, 1.807) is 31.3 Å². The second-order valence-electron chi connectivity index (χ2n) is 7.63. The lowest BCUT2D eigenvalue weighted by molar-refractivity contribution is -0.785. The lowest BCUT2D eigenvalue weighted by Crippen LogP contribution is -2.34. The molecule has 0 aliphatic heterocycles. The summed E-state index contributed by atoms with van der Waals surface area (Å²) in [4.78, 5) is 33.4. The Balaban J connectivity index is 1.65. The molecule has 11 heteroatoms. The molecule has 5 rings (SSSR count). The summed E-state index contributed by atoms with van der Waals surface area (Å²) >= 11 is 0. The molecule has 1 aliphatic carbocycles. The largest absolute Gasteiger partial charge is 0.355 e. The van der Waals surface area contributed by atoms with E-state index in [1.807, 2.05) is 0 Å². The smallest absolute Gasteiger partial charge is 0.253 e. The van der Waals surface area contributed by atoms with Crippen molar-refractivity contribution in [1.29, 1.82) is 0 Å². The van der Waals surface area contributed by atoms with E-state index in [-0.39, 0.29) is 29.0 Å². The van der Waals surface area contributed by atoms with Crippen molar-refractivity contribution < 1.29 is 18.8 Å². The van der Waals surface area contributed by atoms with E-state index in [2.05, 4.69) is 30.9 Å². The molecule has 10 nitrogen and oxygen atoms in total. The summed E-state index contributed by atoms with van der Waals surface area (Å²) in [7, 11) is 3.16. The molecule has 0 atom stereocenters. The number of anilines is 1. The van der Waals surface area contributed by atoms with Gasteiger partial charge in [-0.25, -0.2) is 9.37 Å². The highest BCUT2D eigenvalue weighted by Crippen LogP contribution is 2.34. The highest BCUT2D eigenvalue weighted by atomic mass is 19.1. The molecule has 0 radical (unpaired) electrons. The summed E-state index contributed by atoms with van der Waals surface area (Å²) in [6.45, 7) is 0. The third-order valence-electron chi connectivity index (χ3n) is 5.40. The first-order valence-electron chi connectivity index (χ1n) is 10.1. The second kappa shape index (κ2) is 7.52. The molecule has 1 aliphatic rings. The first-order valence-corrected chi connectivity index (χ1v) is 10.1. The maximum atomic E-state index is 15.4. The maximum Gasteiger partial charge on any atom is 0.253 e. The molecule has 1 saturated carbocycles. The molecule has 0 unspecified atom stereocenters. The Labute approximate surface area is 181 Å². The fourth-order valence-electron chi connectivity index (χ4n) is 3.56. The summed E-state index contributed by atoms with van der Waals surface area (Å²) in [6, 6.07) is 6.59. The van der Waals surface area contributed by atoms with Crippen LogP contribution in [0.1, 0.15) is 23.2 Å². The van der Waals surface area contributed by atoms with Gasteiger partial charge in [0.2, 0.25) is 5.91 Å². The lowest BCUT2D eigenvalue weighted by atomic mass is 10.1. The van der Waals surface area contributed by atoms with Gasteiger partial charge in [-0.3, -0.25) is 9.59 Å². The van der Waals surface area contributed by atoms with Crippen LogP contribution in [0.2, 0.25) is 0 Å². The van der Waals surface area contributed by atoms with Crippen molar-refractivity contribution in [2.24, 2.45) is 13.0 Å². The molecular weight excluding hydrogens is 415 g/mol. The van der Waals surface area contributed by atoms with E-state index in [4.69, 9.17) is 0 Å². The molecule has 0 saturated heterocycles. The quantitative estimate of drug-likeness (QED) is 0.410. The molecular formula is C21H20FN8O2+. The van der Waals surface area contributed by atoms with Gasteiger partial charge in [0.05, 0.1) is 11.1 Å². The van der Waals surface area contributed by atoms with Crippen LogP contribution in [-0.4, -0.2) is 43.8 Å². The number of aromatic nitrogens is 6. The highest BCUT2D eigenvalue weighted by molar-refractivity contribution is 6.11. The van der Waals surface area contributed by atoms with Crippen LogP contribution in [-0.2, 0) is 11.8 Å². The number of carbonyl (C=O) groups excluding carboxylic acids is 2. The van der Waals surface area contributed by atoms with E-state index in [9.17, 15) is 9.59 Å². The van der Waals surface area contributed by atoms with Crippen LogP contribution >= 0.6 is 0 Å². The molecule has 162 valence electrons. The fraction of sp³-hybridized carbons (Fsp3) is 0.238. The van der Waals surface area contributed by atoms with Gasteiger partial charge in [-0.1, -0.05) is 10.7 Å². The first-order chi connectivity index (χ1) is 15.5. The number of aryl methyl sites for hydroxylation is 1.